The number of carbonyl (C=O) groups is 1. The highest BCUT2D eigenvalue weighted by molar-refractivity contribution is 5.99. The summed E-state index contributed by atoms with van der Waals surface area (Å²) in [5.41, 5.74) is 1.89. The third kappa shape index (κ3) is 5.98. The Kier molecular flexibility index (Phi) is 7.80. The second-order valence-corrected chi connectivity index (χ2v) is 9.52. The van der Waals surface area contributed by atoms with Gasteiger partial charge in [-0.2, -0.15) is 9.97 Å². The molecule has 1 aliphatic heterocycles. The van der Waals surface area contributed by atoms with Crippen molar-refractivity contribution in [2.75, 3.05) is 48.3 Å². The van der Waals surface area contributed by atoms with Crippen LogP contribution in [0.1, 0.15) is 6.92 Å². The number of fused-ring (bicyclic) bond motifs is 1. The molecular weight excluding hydrogens is 515 g/mol. The molecule has 0 radical (unpaired) electrons. The average Bonchev–Trinajstić information content (AvgIpc) is 2.94. The molecule has 0 aliphatic carbocycles. The van der Waals surface area contributed by atoms with Gasteiger partial charge in [-0.25, -0.2) is 9.37 Å². The molecule has 1 amide bonds. The molecule has 206 valence electrons. The Balaban J connectivity index is 1.38. The molecule has 5 rings (SSSR count). The van der Waals surface area contributed by atoms with Crippen LogP contribution >= 0.6 is 0 Å². The SMILES string of the molecule is C=CC(=O)Nc1cccc(-n2cnc(=O)c3cnc(Nc4ccc(N5CCN(C[C@@H](C)O)CC5)c(F)c4)nc32)c1. The molecule has 12 heteroatoms. The summed E-state index contributed by atoms with van der Waals surface area (Å²) in [6.07, 6.45) is 3.50. The number of anilines is 4. The van der Waals surface area contributed by atoms with Crippen molar-refractivity contribution in [1.82, 2.24) is 24.4 Å². The lowest BCUT2D eigenvalue weighted by Crippen LogP contribution is -2.48. The van der Waals surface area contributed by atoms with Crippen LogP contribution in [-0.2, 0) is 4.79 Å². The zero-order valence-corrected chi connectivity index (χ0v) is 21.9. The van der Waals surface area contributed by atoms with Crippen molar-refractivity contribution in [3.63, 3.8) is 0 Å². The van der Waals surface area contributed by atoms with Gasteiger partial charge in [0, 0.05) is 50.3 Å². The fraction of sp³-hybridized carbons (Fsp3) is 0.250. The molecule has 40 heavy (non-hydrogen) atoms. The van der Waals surface area contributed by atoms with E-state index < -0.39 is 11.7 Å². The molecule has 2 aromatic heterocycles. The highest BCUT2D eigenvalue weighted by Crippen LogP contribution is 2.26. The van der Waals surface area contributed by atoms with Crippen molar-refractivity contribution in [1.29, 1.82) is 0 Å². The number of benzene rings is 2. The number of aliphatic hydroxyl groups excluding tert-OH is 1. The summed E-state index contributed by atoms with van der Waals surface area (Å²) in [4.78, 5) is 41.0. The Morgan fingerprint density at radius 2 is 1.95 bits per heavy atom. The van der Waals surface area contributed by atoms with Crippen molar-refractivity contribution in [3.05, 3.63) is 83.8 Å². The smallest absolute Gasteiger partial charge is 0.283 e. The standard InChI is InChI=1S/C28H29FN8O3/c1-3-25(39)32-19-5-4-6-21(13-19)37-17-31-27(40)22-15-30-28(34-26(22)37)33-20-7-8-24(23(29)14-20)36-11-9-35(10-12-36)16-18(2)38/h3-8,13-15,17-18,38H,1,9-12,16H2,2H3,(H,32,39)(H,30,33,34)/t18-/m1/s1. The summed E-state index contributed by atoms with van der Waals surface area (Å²) in [6, 6.07) is 11.8. The van der Waals surface area contributed by atoms with Crippen LogP contribution in [0.5, 0.6) is 0 Å². The van der Waals surface area contributed by atoms with Crippen LogP contribution in [0.15, 0.2) is 72.4 Å². The van der Waals surface area contributed by atoms with Gasteiger partial charge in [-0.15, -0.1) is 0 Å². The van der Waals surface area contributed by atoms with Crippen LogP contribution < -0.4 is 21.1 Å². The molecule has 0 bridgehead atoms. The Hall–Kier alpha value is -4.68. The van der Waals surface area contributed by atoms with Crippen molar-refractivity contribution in [3.8, 4) is 5.69 Å². The van der Waals surface area contributed by atoms with E-state index >= 15 is 4.39 Å². The number of aromatic nitrogens is 4. The maximum absolute atomic E-state index is 15.1. The van der Waals surface area contributed by atoms with Crippen LogP contribution in [0.3, 0.4) is 0 Å². The molecule has 1 saturated heterocycles. The van der Waals surface area contributed by atoms with Crippen LogP contribution in [-0.4, -0.2) is 74.3 Å². The van der Waals surface area contributed by atoms with Gasteiger partial charge in [-0.1, -0.05) is 12.6 Å². The van der Waals surface area contributed by atoms with Crippen molar-refractivity contribution in [2.24, 2.45) is 0 Å². The monoisotopic (exact) mass is 544 g/mol. The minimum absolute atomic E-state index is 0.168. The lowest BCUT2D eigenvalue weighted by molar-refractivity contribution is -0.111. The van der Waals surface area contributed by atoms with Crippen molar-refractivity contribution in [2.45, 2.75) is 13.0 Å². The van der Waals surface area contributed by atoms with Crippen LogP contribution in [0.25, 0.3) is 16.7 Å². The number of piperazine rings is 1. The Bertz CT molecular complexity index is 1620. The lowest BCUT2D eigenvalue weighted by atomic mass is 10.2. The van der Waals surface area contributed by atoms with E-state index in [2.05, 4.69) is 37.1 Å². The first-order valence-corrected chi connectivity index (χ1v) is 12.8. The lowest BCUT2D eigenvalue weighted by Gasteiger charge is -2.36. The first-order chi connectivity index (χ1) is 19.3. The predicted molar refractivity (Wildman–Crippen MR) is 152 cm³/mol. The van der Waals surface area contributed by atoms with E-state index in [-0.39, 0.29) is 28.7 Å². The third-order valence-corrected chi connectivity index (χ3v) is 6.53. The molecule has 3 heterocycles. The van der Waals surface area contributed by atoms with E-state index in [1.807, 2.05) is 4.90 Å². The van der Waals surface area contributed by atoms with Gasteiger partial charge in [0.1, 0.15) is 17.5 Å². The summed E-state index contributed by atoms with van der Waals surface area (Å²) in [5.74, 6) is -0.568. The van der Waals surface area contributed by atoms with Gasteiger partial charge in [0.05, 0.1) is 17.5 Å². The first-order valence-electron chi connectivity index (χ1n) is 12.8. The third-order valence-electron chi connectivity index (χ3n) is 6.53. The topological polar surface area (TPSA) is 129 Å². The summed E-state index contributed by atoms with van der Waals surface area (Å²) >= 11 is 0. The first kappa shape index (κ1) is 26.9. The normalized spacial score (nSPS) is 14.6. The summed E-state index contributed by atoms with van der Waals surface area (Å²) < 4.78 is 16.7. The van der Waals surface area contributed by atoms with Gasteiger partial charge in [-0.05, 0) is 49.4 Å². The van der Waals surface area contributed by atoms with Gasteiger partial charge < -0.3 is 20.6 Å². The van der Waals surface area contributed by atoms with Crippen LogP contribution in [0.2, 0.25) is 0 Å². The minimum Gasteiger partial charge on any atom is -0.392 e. The van der Waals surface area contributed by atoms with E-state index in [0.29, 0.717) is 42.4 Å². The number of amides is 1. The summed E-state index contributed by atoms with van der Waals surface area (Å²) in [6.45, 7) is 8.63. The van der Waals surface area contributed by atoms with Crippen LogP contribution in [0, 0.1) is 5.82 Å². The molecule has 0 unspecified atom stereocenters. The molecule has 2 aromatic carbocycles. The number of hydrogen-bond donors (Lipinski definition) is 3. The number of halogens is 1. The fourth-order valence-electron chi connectivity index (χ4n) is 4.63. The number of nitrogens with zero attached hydrogens (tertiary/aromatic N) is 6. The van der Waals surface area contributed by atoms with Crippen molar-refractivity contribution < 1.29 is 14.3 Å². The largest absolute Gasteiger partial charge is 0.392 e. The minimum atomic E-state index is -0.488. The van der Waals surface area contributed by atoms with Gasteiger partial charge in [0.25, 0.3) is 5.56 Å². The number of carbonyl (C=O) groups excluding carboxylic acids is 1. The van der Waals surface area contributed by atoms with Gasteiger partial charge in [0.15, 0.2) is 5.65 Å². The molecule has 0 saturated carbocycles. The second kappa shape index (κ2) is 11.6. The fourth-order valence-corrected chi connectivity index (χ4v) is 4.63. The number of nitrogens with one attached hydrogen (secondary N) is 2. The van der Waals surface area contributed by atoms with E-state index in [1.54, 1.807) is 47.9 Å². The Morgan fingerprint density at radius 3 is 2.67 bits per heavy atom. The highest BCUT2D eigenvalue weighted by atomic mass is 19.1. The molecule has 1 aliphatic rings. The number of aliphatic hydroxyl groups is 1. The molecule has 4 aromatic rings. The predicted octanol–water partition coefficient (Wildman–Crippen LogP) is 2.69. The number of hydrogen-bond acceptors (Lipinski definition) is 9. The van der Waals surface area contributed by atoms with E-state index in [4.69, 9.17) is 0 Å². The van der Waals surface area contributed by atoms with E-state index in [9.17, 15) is 14.7 Å². The zero-order chi connectivity index (χ0) is 28.2. The quantitative estimate of drug-likeness (QED) is 0.287. The molecule has 1 fully saturated rings. The molecule has 3 N–H and O–H groups in total. The van der Waals surface area contributed by atoms with Gasteiger partial charge in [0.2, 0.25) is 11.9 Å². The average molecular weight is 545 g/mol. The van der Waals surface area contributed by atoms with E-state index in [0.717, 1.165) is 13.1 Å². The van der Waals surface area contributed by atoms with E-state index in [1.165, 1.54) is 24.7 Å². The second-order valence-electron chi connectivity index (χ2n) is 9.52. The highest BCUT2D eigenvalue weighted by Gasteiger charge is 2.20. The van der Waals surface area contributed by atoms with Crippen LogP contribution in [0.4, 0.5) is 27.4 Å². The zero-order valence-electron chi connectivity index (χ0n) is 21.9. The number of rotatable bonds is 8. The summed E-state index contributed by atoms with van der Waals surface area (Å²) in [7, 11) is 0. The van der Waals surface area contributed by atoms with Gasteiger partial charge in [-0.3, -0.25) is 19.1 Å². The molecule has 11 nitrogen and oxygen atoms in total. The molecule has 0 spiro atoms. The molecule has 1 atom stereocenters. The summed E-state index contributed by atoms with van der Waals surface area (Å²) in [5, 5.41) is 15.5. The maximum atomic E-state index is 15.1. The van der Waals surface area contributed by atoms with Crippen molar-refractivity contribution >= 4 is 40.0 Å². The Labute approximate surface area is 229 Å². The number of β-amino-alcohol motifs (C(OH)–C–C–N with tert-alkyl or cyclic N) is 1. The molecular formula is C28H29FN8O3. The maximum Gasteiger partial charge on any atom is 0.283 e. The Morgan fingerprint density at radius 1 is 1.15 bits per heavy atom. The van der Waals surface area contributed by atoms with Gasteiger partial charge >= 0.3 is 0 Å².